The van der Waals surface area contributed by atoms with Gasteiger partial charge in [-0.2, -0.15) is 9.50 Å². The van der Waals surface area contributed by atoms with Crippen LogP contribution < -0.4 is 5.49 Å². The van der Waals surface area contributed by atoms with Gasteiger partial charge in [-0.15, -0.1) is 5.10 Å². The third-order valence-corrected chi connectivity index (χ3v) is 4.13. The molecule has 0 saturated heterocycles. The zero-order chi connectivity index (χ0) is 18.0. The summed E-state index contributed by atoms with van der Waals surface area (Å²) >= 11 is 7.26. The lowest BCUT2D eigenvalue weighted by Gasteiger charge is -2.12. The first-order valence-corrected chi connectivity index (χ1v) is 8.91. The van der Waals surface area contributed by atoms with Gasteiger partial charge in [0.05, 0.1) is 6.54 Å². The fourth-order valence-electron chi connectivity index (χ4n) is 2.24. The number of pyridine rings is 1. The van der Waals surface area contributed by atoms with Crippen molar-refractivity contribution in [2.75, 3.05) is 6.26 Å². The first-order valence-electron chi connectivity index (χ1n) is 7.31. The van der Waals surface area contributed by atoms with E-state index in [2.05, 4.69) is 20.2 Å². The number of aryl methyl sites for hydroxylation is 1. The van der Waals surface area contributed by atoms with E-state index in [9.17, 15) is 4.79 Å². The second-order valence-corrected chi connectivity index (χ2v) is 6.36. The van der Waals surface area contributed by atoms with Crippen molar-refractivity contribution in [3.05, 3.63) is 46.3 Å². The van der Waals surface area contributed by atoms with Crippen LogP contribution in [0.4, 0.5) is 0 Å². The molecule has 10 heteroatoms. The number of fused-ring (bicyclic) bond motifs is 1. The third-order valence-electron chi connectivity index (χ3n) is 3.37. The lowest BCUT2D eigenvalue weighted by molar-refractivity contribution is -0.141. The second-order valence-electron chi connectivity index (χ2n) is 5.20. The summed E-state index contributed by atoms with van der Waals surface area (Å²) in [6, 6.07) is 5.42. The van der Waals surface area contributed by atoms with E-state index in [1.165, 1.54) is 18.7 Å². The van der Waals surface area contributed by atoms with Crippen molar-refractivity contribution in [1.29, 1.82) is 0 Å². The Balaban J connectivity index is 2.15. The van der Waals surface area contributed by atoms with Crippen LogP contribution in [0.2, 0.25) is 5.15 Å². The smallest absolute Gasteiger partial charge is 0.316 e. The van der Waals surface area contributed by atoms with Gasteiger partial charge >= 0.3 is 5.97 Å². The topological polar surface area (TPSA) is 86.7 Å². The average molecular weight is 379 g/mol. The highest BCUT2D eigenvalue weighted by Crippen LogP contribution is 2.14. The zero-order valence-corrected chi connectivity index (χ0v) is 15.4. The van der Waals surface area contributed by atoms with E-state index in [0.29, 0.717) is 28.1 Å². The number of thioether (sulfide) groups is 1. The largest absolute Gasteiger partial charge is 0.332 e. The van der Waals surface area contributed by atoms with Crippen LogP contribution in [-0.2, 0) is 16.2 Å². The van der Waals surface area contributed by atoms with Crippen molar-refractivity contribution in [1.82, 2.24) is 24.1 Å². The molecule has 3 rings (SSSR count). The van der Waals surface area contributed by atoms with Crippen LogP contribution in [0.15, 0.2) is 34.7 Å². The van der Waals surface area contributed by atoms with Crippen LogP contribution in [0.1, 0.15) is 18.2 Å². The minimum Gasteiger partial charge on any atom is -0.316 e. The highest BCUT2D eigenvalue weighted by atomic mass is 35.5. The normalized spacial score (nSPS) is 11.9. The van der Waals surface area contributed by atoms with Gasteiger partial charge in [0.2, 0.25) is 10.9 Å². The quantitative estimate of drug-likeness (QED) is 0.299. The summed E-state index contributed by atoms with van der Waals surface area (Å²) in [4.78, 5) is 24.4. The molecule has 0 aliphatic heterocycles. The number of hydrogen-bond acceptors (Lipinski definition) is 7. The van der Waals surface area contributed by atoms with E-state index in [1.54, 1.807) is 22.8 Å². The summed E-state index contributed by atoms with van der Waals surface area (Å²) in [6.45, 7) is 3.75. The predicted molar refractivity (Wildman–Crippen MR) is 93.2 cm³/mol. The molecule has 25 heavy (non-hydrogen) atoms. The molecule has 3 heterocycles. The Morgan fingerprint density at radius 2 is 2.24 bits per heavy atom. The maximum atomic E-state index is 11.0. The average Bonchev–Trinajstić information content (AvgIpc) is 3.02. The first kappa shape index (κ1) is 17.4. The molecule has 0 fully saturated rings. The number of aromatic nitrogens is 5. The van der Waals surface area contributed by atoms with Crippen molar-refractivity contribution in [2.45, 2.75) is 25.5 Å². The highest BCUT2D eigenvalue weighted by Gasteiger charge is 2.12. The van der Waals surface area contributed by atoms with Gasteiger partial charge in [-0.25, -0.2) is 9.78 Å². The summed E-state index contributed by atoms with van der Waals surface area (Å²) in [6.07, 6.45) is 3.60. The van der Waals surface area contributed by atoms with E-state index in [-0.39, 0.29) is 0 Å². The molecular weight excluding hydrogens is 364 g/mol. The van der Waals surface area contributed by atoms with E-state index in [0.717, 1.165) is 11.3 Å². The van der Waals surface area contributed by atoms with Gasteiger partial charge in [0, 0.05) is 24.9 Å². The Bertz CT molecular complexity index is 996. The molecule has 0 unspecified atom stereocenters. The Labute approximate surface area is 152 Å². The Hall–Kier alpha value is -2.39. The highest BCUT2D eigenvalue weighted by molar-refractivity contribution is 7.98. The van der Waals surface area contributed by atoms with Crippen LogP contribution in [0.3, 0.4) is 0 Å². The molecule has 0 aromatic carbocycles. The molecule has 0 bridgehead atoms. The summed E-state index contributed by atoms with van der Waals surface area (Å²) < 4.78 is 3.52. The van der Waals surface area contributed by atoms with E-state index >= 15 is 0 Å². The van der Waals surface area contributed by atoms with Crippen LogP contribution in [0.25, 0.3) is 5.78 Å². The monoisotopic (exact) mass is 378 g/mol. The first-order chi connectivity index (χ1) is 12.0. The van der Waals surface area contributed by atoms with Gasteiger partial charge in [-0.05, 0) is 24.8 Å². The maximum absolute atomic E-state index is 11.0. The van der Waals surface area contributed by atoms with Crippen LogP contribution in [0.5, 0.6) is 0 Å². The van der Waals surface area contributed by atoms with Gasteiger partial charge < -0.3 is 9.40 Å². The Kier molecular flexibility index (Phi) is 5.05. The minimum atomic E-state index is -0.500. The maximum Gasteiger partial charge on any atom is 0.332 e. The van der Waals surface area contributed by atoms with Crippen molar-refractivity contribution in [3.63, 3.8) is 0 Å². The molecule has 0 saturated carbocycles. The summed E-state index contributed by atoms with van der Waals surface area (Å²) in [5.41, 5.74) is 2.24. The van der Waals surface area contributed by atoms with Crippen LogP contribution >= 0.6 is 23.4 Å². The van der Waals surface area contributed by atoms with Gasteiger partial charge in [0.15, 0.2) is 5.49 Å². The molecule has 3 aromatic heterocycles. The van der Waals surface area contributed by atoms with E-state index in [4.69, 9.17) is 16.4 Å². The van der Waals surface area contributed by atoms with Gasteiger partial charge in [-0.1, -0.05) is 34.6 Å². The molecule has 0 spiro atoms. The molecule has 0 amide bonds. The van der Waals surface area contributed by atoms with Gasteiger partial charge in [-0.3, -0.25) is 0 Å². The Morgan fingerprint density at radius 3 is 2.88 bits per heavy atom. The van der Waals surface area contributed by atoms with E-state index < -0.39 is 5.97 Å². The van der Waals surface area contributed by atoms with Crippen LogP contribution in [-0.4, -0.2) is 36.4 Å². The minimum absolute atomic E-state index is 0.390. The van der Waals surface area contributed by atoms with Crippen LogP contribution in [0, 0.1) is 6.92 Å². The fraction of sp³-hybridized carbons (Fsp3) is 0.267. The van der Waals surface area contributed by atoms with Crippen molar-refractivity contribution in [3.8, 4) is 0 Å². The molecule has 0 atom stereocenters. The number of carbonyl (C=O) groups excluding carboxylic acids is 1. The number of nitrogens with zero attached hydrogens (tertiary/aromatic N) is 6. The molecule has 0 N–H and O–H groups in total. The SMILES string of the molecule is CSc1nc2n(Cc3ccc(Cl)nc3)c(C)c/c(=N\OC(C)=O)n2n1. The third kappa shape index (κ3) is 3.83. The lowest BCUT2D eigenvalue weighted by atomic mass is 10.2. The molecular formula is C15H15ClN6O2S. The molecule has 0 radical (unpaired) electrons. The summed E-state index contributed by atoms with van der Waals surface area (Å²) in [5.74, 6) is 0.0881. The molecule has 0 aliphatic rings. The fourth-order valence-corrected chi connectivity index (χ4v) is 2.69. The van der Waals surface area contributed by atoms with Crippen molar-refractivity contribution in [2.24, 2.45) is 5.16 Å². The van der Waals surface area contributed by atoms with E-state index in [1.807, 2.05) is 23.8 Å². The number of hydrogen-bond donors (Lipinski definition) is 0. The summed E-state index contributed by atoms with van der Waals surface area (Å²) in [5, 5.41) is 9.29. The zero-order valence-electron chi connectivity index (χ0n) is 13.8. The van der Waals surface area contributed by atoms with Gasteiger partial charge in [0.25, 0.3) is 0 Å². The standard InChI is InChI=1S/C15H15ClN6O2S/c1-9-6-13(20-24-10(2)23)22-15(18-14(19-22)25-3)21(9)8-11-4-5-12(16)17-7-11/h4-7H,8H2,1-3H3/b20-13+. The van der Waals surface area contributed by atoms with Gasteiger partial charge in [0.1, 0.15) is 5.15 Å². The molecule has 8 nitrogen and oxygen atoms in total. The Morgan fingerprint density at radius 1 is 1.44 bits per heavy atom. The molecule has 3 aromatic rings. The lowest BCUT2D eigenvalue weighted by Crippen LogP contribution is -2.22. The predicted octanol–water partition coefficient (Wildman–Crippen LogP) is 2.04. The van der Waals surface area contributed by atoms with Crippen molar-refractivity contribution < 1.29 is 9.63 Å². The van der Waals surface area contributed by atoms with Crippen molar-refractivity contribution >= 4 is 35.1 Å². The summed E-state index contributed by atoms with van der Waals surface area (Å²) in [7, 11) is 0. The molecule has 130 valence electrons. The molecule has 0 aliphatic carbocycles. The second kappa shape index (κ2) is 7.24. The number of rotatable bonds is 4. The number of carbonyl (C=O) groups is 1. The number of halogens is 1.